The number of piperidine rings is 1. The van der Waals surface area contributed by atoms with Crippen molar-refractivity contribution in [3.8, 4) is 0 Å². The predicted octanol–water partition coefficient (Wildman–Crippen LogP) is 1.89. The molecule has 0 saturated carbocycles. The molecule has 1 atom stereocenters. The van der Waals surface area contributed by atoms with E-state index < -0.39 is 16.1 Å². The highest BCUT2D eigenvalue weighted by Crippen LogP contribution is 2.23. The van der Waals surface area contributed by atoms with E-state index in [9.17, 15) is 13.2 Å². The summed E-state index contributed by atoms with van der Waals surface area (Å²) in [5.74, 6) is -0.195. The maximum absolute atomic E-state index is 12.5. The van der Waals surface area contributed by atoms with Crippen LogP contribution in [-0.4, -0.2) is 44.0 Å². The topological polar surface area (TPSA) is 66.5 Å². The third-order valence-electron chi connectivity index (χ3n) is 4.44. The summed E-state index contributed by atoms with van der Waals surface area (Å²) < 4.78 is 25.1. The zero-order chi connectivity index (χ0) is 17.1. The van der Waals surface area contributed by atoms with Gasteiger partial charge in [-0.2, -0.15) is 4.31 Å². The van der Waals surface area contributed by atoms with E-state index in [0.29, 0.717) is 19.5 Å². The number of sulfonamides is 1. The van der Waals surface area contributed by atoms with Crippen LogP contribution in [0.25, 0.3) is 0 Å². The second-order valence-electron chi connectivity index (χ2n) is 6.85. The van der Waals surface area contributed by atoms with E-state index in [-0.39, 0.29) is 11.3 Å². The Morgan fingerprint density at radius 3 is 2.52 bits per heavy atom. The lowest BCUT2D eigenvalue weighted by atomic mass is 9.84. The SMILES string of the molecule is CC(C)(CNC(=O)[C@@H]1CCCCN1S(C)(=O)=O)c1ccccc1. The number of nitrogens with one attached hydrogen (secondary N) is 1. The largest absolute Gasteiger partial charge is 0.354 e. The van der Waals surface area contributed by atoms with E-state index in [2.05, 4.69) is 19.2 Å². The number of benzene rings is 1. The van der Waals surface area contributed by atoms with Crippen molar-refractivity contribution in [1.82, 2.24) is 9.62 Å². The number of hydrogen-bond donors (Lipinski definition) is 1. The Bertz CT molecular complexity index is 641. The first-order valence-electron chi connectivity index (χ1n) is 8.02. The molecule has 1 aromatic carbocycles. The van der Waals surface area contributed by atoms with E-state index in [0.717, 1.165) is 18.4 Å². The molecule has 1 heterocycles. The minimum atomic E-state index is -3.35. The molecule has 1 aromatic rings. The quantitative estimate of drug-likeness (QED) is 0.891. The smallest absolute Gasteiger partial charge is 0.238 e. The first-order valence-corrected chi connectivity index (χ1v) is 9.87. The van der Waals surface area contributed by atoms with Crippen LogP contribution in [0.1, 0.15) is 38.7 Å². The summed E-state index contributed by atoms with van der Waals surface area (Å²) in [6.45, 7) is 5.04. The van der Waals surface area contributed by atoms with Gasteiger partial charge in [-0.05, 0) is 18.4 Å². The maximum atomic E-state index is 12.5. The van der Waals surface area contributed by atoms with Gasteiger partial charge in [-0.1, -0.05) is 50.6 Å². The van der Waals surface area contributed by atoms with Crippen LogP contribution >= 0.6 is 0 Å². The molecule has 0 radical (unpaired) electrons. The summed E-state index contributed by atoms with van der Waals surface area (Å²) in [5, 5.41) is 2.95. The number of carbonyl (C=O) groups excluding carboxylic acids is 1. The number of carbonyl (C=O) groups is 1. The Balaban J connectivity index is 2.03. The summed E-state index contributed by atoms with van der Waals surface area (Å²) in [6.07, 6.45) is 3.45. The molecule has 23 heavy (non-hydrogen) atoms. The molecule has 5 nitrogen and oxygen atoms in total. The first-order chi connectivity index (χ1) is 10.7. The average Bonchev–Trinajstić information content (AvgIpc) is 2.53. The van der Waals surface area contributed by atoms with Crippen LogP contribution in [0, 0.1) is 0 Å². The molecule has 2 rings (SSSR count). The van der Waals surface area contributed by atoms with Crippen LogP contribution in [0.3, 0.4) is 0 Å². The molecule has 0 bridgehead atoms. The number of amides is 1. The van der Waals surface area contributed by atoms with Crippen LogP contribution in [-0.2, 0) is 20.2 Å². The Hall–Kier alpha value is -1.40. The molecule has 1 saturated heterocycles. The van der Waals surface area contributed by atoms with Crippen molar-refractivity contribution in [2.24, 2.45) is 0 Å². The molecule has 1 fully saturated rings. The van der Waals surface area contributed by atoms with Crippen LogP contribution in [0.2, 0.25) is 0 Å². The molecule has 0 spiro atoms. The summed E-state index contributed by atoms with van der Waals surface area (Å²) in [4.78, 5) is 12.5. The molecular formula is C17H26N2O3S. The predicted molar refractivity (Wildman–Crippen MR) is 91.7 cm³/mol. The van der Waals surface area contributed by atoms with Gasteiger partial charge in [0.25, 0.3) is 0 Å². The Kier molecular flexibility index (Phi) is 5.47. The number of nitrogens with zero attached hydrogens (tertiary/aromatic N) is 1. The van der Waals surface area contributed by atoms with Gasteiger partial charge in [0.05, 0.1) is 6.26 Å². The molecule has 1 aliphatic rings. The minimum Gasteiger partial charge on any atom is -0.354 e. The molecule has 1 aliphatic heterocycles. The van der Waals surface area contributed by atoms with Crippen molar-refractivity contribution in [2.45, 2.75) is 44.6 Å². The van der Waals surface area contributed by atoms with Gasteiger partial charge in [0.15, 0.2) is 0 Å². The van der Waals surface area contributed by atoms with Crippen molar-refractivity contribution < 1.29 is 13.2 Å². The highest BCUT2D eigenvalue weighted by molar-refractivity contribution is 7.88. The fraction of sp³-hybridized carbons (Fsp3) is 0.588. The Morgan fingerprint density at radius 1 is 1.26 bits per heavy atom. The second-order valence-corrected chi connectivity index (χ2v) is 8.79. The highest BCUT2D eigenvalue weighted by Gasteiger charge is 2.35. The average molecular weight is 338 g/mol. The van der Waals surface area contributed by atoms with Crippen LogP contribution in [0.15, 0.2) is 30.3 Å². The van der Waals surface area contributed by atoms with Crippen molar-refractivity contribution in [3.63, 3.8) is 0 Å². The molecule has 0 aliphatic carbocycles. The highest BCUT2D eigenvalue weighted by atomic mass is 32.2. The number of rotatable bonds is 5. The summed E-state index contributed by atoms with van der Waals surface area (Å²) >= 11 is 0. The lowest BCUT2D eigenvalue weighted by molar-refractivity contribution is -0.125. The summed E-state index contributed by atoms with van der Waals surface area (Å²) in [5.41, 5.74) is 0.936. The van der Waals surface area contributed by atoms with Crippen LogP contribution in [0.5, 0.6) is 0 Å². The fourth-order valence-corrected chi connectivity index (χ4v) is 4.11. The van der Waals surface area contributed by atoms with Gasteiger partial charge in [-0.3, -0.25) is 4.79 Å². The summed E-state index contributed by atoms with van der Waals surface area (Å²) in [7, 11) is -3.35. The van der Waals surface area contributed by atoms with Gasteiger partial charge in [0, 0.05) is 18.5 Å². The van der Waals surface area contributed by atoms with Gasteiger partial charge in [0.1, 0.15) is 6.04 Å². The van der Waals surface area contributed by atoms with Crippen molar-refractivity contribution >= 4 is 15.9 Å². The zero-order valence-corrected chi connectivity index (χ0v) is 14.9. The second kappa shape index (κ2) is 7.01. The Labute approximate surface area is 139 Å². The maximum Gasteiger partial charge on any atom is 0.238 e. The molecule has 6 heteroatoms. The first kappa shape index (κ1) is 17.9. The molecule has 1 amide bonds. The molecular weight excluding hydrogens is 312 g/mol. The van der Waals surface area contributed by atoms with Gasteiger partial charge in [0.2, 0.25) is 15.9 Å². The van der Waals surface area contributed by atoms with Crippen molar-refractivity contribution in [2.75, 3.05) is 19.3 Å². The van der Waals surface area contributed by atoms with Gasteiger partial charge >= 0.3 is 0 Å². The molecule has 0 aromatic heterocycles. The third-order valence-corrected chi connectivity index (χ3v) is 5.73. The van der Waals surface area contributed by atoms with Crippen LogP contribution < -0.4 is 5.32 Å². The van der Waals surface area contributed by atoms with E-state index >= 15 is 0 Å². The fourth-order valence-electron chi connectivity index (χ4n) is 2.98. The summed E-state index contributed by atoms with van der Waals surface area (Å²) in [6, 6.07) is 9.41. The third kappa shape index (κ3) is 4.54. The van der Waals surface area contributed by atoms with Gasteiger partial charge in [-0.15, -0.1) is 0 Å². The van der Waals surface area contributed by atoms with Gasteiger partial charge in [-0.25, -0.2) is 8.42 Å². The molecule has 1 N–H and O–H groups in total. The van der Waals surface area contributed by atoms with Gasteiger partial charge < -0.3 is 5.32 Å². The minimum absolute atomic E-state index is 0.195. The number of hydrogen-bond acceptors (Lipinski definition) is 3. The Morgan fingerprint density at radius 2 is 1.91 bits per heavy atom. The monoisotopic (exact) mass is 338 g/mol. The lowest BCUT2D eigenvalue weighted by Crippen LogP contribution is -2.53. The van der Waals surface area contributed by atoms with E-state index in [1.54, 1.807) is 0 Å². The lowest BCUT2D eigenvalue weighted by Gasteiger charge is -2.34. The molecule has 0 unspecified atom stereocenters. The van der Waals surface area contributed by atoms with Crippen molar-refractivity contribution in [3.05, 3.63) is 35.9 Å². The van der Waals surface area contributed by atoms with Crippen LogP contribution in [0.4, 0.5) is 0 Å². The van der Waals surface area contributed by atoms with E-state index in [4.69, 9.17) is 0 Å². The zero-order valence-electron chi connectivity index (χ0n) is 14.1. The molecule has 128 valence electrons. The normalized spacial score (nSPS) is 20.2. The van der Waals surface area contributed by atoms with Crippen molar-refractivity contribution in [1.29, 1.82) is 0 Å². The van der Waals surface area contributed by atoms with E-state index in [1.165, 1.54) is 10.6 Å². The standard InChI is InChI=1S/C17H26N2O3S/c1-17(2,14-9-5-4-6-10-14)13-18-16(20)15-11-7-8-12-19(15)23(3,21)22/h4-6,9-10,15H,7-8,11-13H2,1-3H3,(H,18,20)/t15-/m0/s1. The van der Waals surface area contributed by atoms with E-state index in [1.807, 2.05) is 30.3 Å².